The van der Waals surface area contributed by atoms with Crippen LogP contribution in [0.3, 0.4) is 0 Å². The number of ether oxygens (including phenoxy) is 5. The molecular weight excluding hydrogens is 444 g/mol. The molecule has 0 spiro atoms. The molecule has 6 N–H and O–H groups in total. The van der Waals surface area contributed by atoms with Gasteiger partial charge in [0.2, 0.25) is 0 Å². The quantitative estimate of drug-likeness (QED) is 0.211. The number of methoxy groups -OCH3 is 1. The van der Waals surface area contributed by atoms with Crippen molar-refractivity contribution in [1.29, 1.82) is 0 Å². The zero-order valence-electron chi connectivity index (χ0n) is 17.9. The van der Waals surface area contributed by atoms with Crippen molar-refractivity contribution in [3.63, 3.8) is 0 Å². The minimum Gasteiger partial charge on any atom is -0.459 e. The average Bonchev–Trinajstić information content (AvgIpc) is 2.82. The van der Waals surface area contributed by atoms with Crippen LogP contribution in [0.2, 0.25) is 0 Å². The molecule has 0 bridgehead atoms. The summed E-state index contributed by atoms with van der Waals surface area (Å²) >= 11 is 0. The van der Waals surface area contributed by atoms with Gasteiger partial charge >= 0.3 is 5.97 Å². The monoisotopic (exact) mass is 474 g/mol. The van der Waals surface area contributed by atoms with Crippen LogP contribution in [0.1, 0.15) is 5.56 Å². The molecule has 2 heterocycles. The summed E-state index contributed by atoms with van der Waals surface area (Å²) < 4.78 is 26.5. The molecule has 10 atom stereocenters. The summed E-state index contributed by atoms with van der Waals surface area (Å²) in [6.07, 6.45) is -14.4. The number of hydrogen-bond acceptors (Lipinski definition) is 12. The average molecular weight is 474 g/mol. The van der Waals surface area contributed by atoms with Crippen LogP contribution in [-0.2, 0) is 35.1 Å². The second kappa shape index (κ2) is 11.6. The molecular formula is C21H30O12. The minimum atomic E-state index is -1.75. The zero-order chi connectivity index (χ0) is 24.1. The van der Waals surface area contributed by atoms with Gasteiger partial charge in [0.15, 0.2) is 12.4 Å². The van der Waals surface area contributed by atoms with Crippen molar-refractivity contribution in [2.75, 3.05) is 20.3 Å². The summed E-state index contributed by atoms with van der Waals surface area (Å²) in [4.78, 5) is 12.5. The van der Waals surface area contributed by atoms with Gasteiger partial charge in [0.25, 0.3) is 0 Å². The SMILES string of the molecule is COC1C(O)[C@H](OCC2OC(C(=O)OCc3ccccc3)C(O)C(O)[C@H]2O)OC(CO)[C@@H]1O. The fourth-order valence-electron chi connectivity index (χ4n) is 3.75. The van der Waals surface area contributed by atoms with Gasteiger partial charge in [0.1, 0.15) is 55.4 Å². The predicted octanol–water partition coefficient (Wildman–Crippen LogP) is -2.95. The van der Waals surface area contributed by atoms with E-state index < -0.39 is 80.4 Å². The number of esters is 1. The van der Waals surface area contributed by atoms with Crippen LogP contribution in [-0.4, -0.2) is 118 Å². The first-order valence-electron chi connectivity index (χ1n) is 10.5. The Bertz CT molecular complexity index is 748. The molecule has 186 valence electrons. The van der Waals surface area contributed by atoms with Gasteiger partial charge in [-0.05, 0) is 5.56 Å². The summed E-state index contributed by atoms with van der Waals surface area (Å²) in [7, 11) is 1.26. The maximum absolute atomic E-state index is 12.5. The van der Waals surface area contributed by atoms with Crippen molar-refractivity contribution in [3.8, 4) is 0 Å². The lowest BCUT2D eigenvalue weighted by Gasteiger charge is -2.43. The third kappa shape index (κ3) is 5.87. The summed E-state index contributed by atoms with van der Waals surface area (Å²) in [6.45, 7) is -1.13. The van der Waals surface area contributed by atoms with E-state index in [4.69, 9.17) is 23.7 Å². The Morgan fingerprint density at radius 3 is 2.24 bits per heavy atom. The number of aliphatic hydroxyl groups is 6. The van der Waals surface area contributed by atoms with Crippen LogP contribution in [0.15, 0.2) is 30.3 Å². The number of aliphatic hydroxyl groups excluding tert-OH is 6. The van der Waals surface area contributed by atoms with Crippen molar-refractivity contribution >= 4 is 5.97 Å². The van der Waals surface area contributed by atoms with Crippen LogP contribution in [0.5, 0.6) is 0 Å². The molecule has 2 saturated heterocycles. The first kappa shape index (κ1) is 25.9. The lowest BCUT2D eigenvalue weighted by molar-refractivity contribution is -0.316. The van der Waals surface area contributed by atoms with E-state index in [1.54, 1.807) is 30.3 Å². The van der Waals surface area contributed by atoms with E-state index >= 15 is 0 Å². The zero-order valence-corrected chi connectivity index (χ0v) is 17.9. The van der Waals surface area contributed by atoms with E-state index in [2.05, 4.69) is 0 Å². The van der Waals surface area contributed by atoms with Crippen LogP contribution in [0, 0.1) is 0 Å². The van der Waals surface area contributed by atoms with Crippen molar-refractivity contribution in [2.45, 2.75) is 67.8 Å². The summed E-state index contributed by atoms with van der Waals surface area (Å²) in [6, 6.07) is 8.80. The van der Waals surface area contributed by atoms with Gasteiger partial charge in [-0.1, -0.05) is 30.3 Å². The van der Waals surface area contributed by atoms with Gasteiger partial charge in [0, 0.05) is 7.11 Å². The molecule has 3 rings (SSSR count). The summed E-state index contributed by atoms with van der Waals surface area (Å²) in [5.74, 6) is -0.945. The standard InChI is InChI=1S/C21H30O12/c1-29-18-14(24)11(7-22)33-21(17(18)27)31-9-12-13(23)15(25)16(26)19(32-12)20(28)30-8-10-5-3-2-4-6-10/h2-6,11-19,21-27H,7-9H2,1H3/t11?,12?,13-,14-,15?,16?,17?,18?,19?,21+/m0/s1. The second-order valence-electron chi connectivity index (χ2n) is 7.90. The molecule has 2 fully saturated rings. The van der Waals surface area contributed by atoms with Crippen molar-refractivity contribution in [3.05, 3.63) is 35.9 Å². The molecule has 2 aliphatic rings. The van der Waals surface area contributed by atoms with Crippen LogP contribution >= 0.6 is 0 Å². The largest absolute Gasteiger partial charge is 0.459 e. The topological polar surface area (TPSA) is 185 Å². The van der Waals surface area contributed by atoms with Gasteiger partial charge in [-0.25, -0.2) is 4.79 Å². The fraction of sp³-hybridized carbons (Fsp3) is 0.667. The molecule has 0 saturated carbocycles. The summed E-state index contributed by atoms with van der Waals surface area (Å²) in [5.41, 5.74) is 0.702. The van der Waals surface area contributed by atoms with E-state index in [1.165, 1.54) is 7.11 Å². The van der Waals surface area contributed by atoms with Crippen LogP contribution < -0.4 is 0 Å². The van der Waals surface area contributed by atoms with E-state index in [9.17, 15) is 35.4 Å². The molecule has 0 amide bonds. The van der Waals surface area contributed by atoms with E-state index in [0.29, 0.717) is 5.56 Å². The van der Waals surface area contributed by atoms with Crippen LogP contribution in [0.25, 0.3) is 0 Å². The molecule has 33 heavy (non-hydrogen) atoms. The lowest BCUT2D eigenvalue weighted by atomic mass is 9.95. The highest BCUT2D eigenvalue weighted by atomic mass is 16.7. The minimum absolute atomic E-state index is 0.0859. The van der Waals surface area contributed by atoms with Gasteiger partial charge in [-0.15, -0.1) is 0 Å². The highest BCUT2D eigenvalue weighted by molar-refractivity contribution is 5.75. The van der Waals surface area contributed by atoms with Gasteiger partial charge in [-0.2, -0.15) is 0 Å². The maximum Gasteiger partial charge on any atom is 0.338 e. The Hall–Kier alpha value is -1.71. The summed E-state index contributed by atoms with van der Waals surface area (Å²) in [5, 5.41) is 60.4. The van der Waals surface area contributed by atoms with Gasteiger partial charge in [0.05, 0.1) is 13.2 Å². The van der Waals surface area contributed by atoms with Crippen molar-refractivity contribution in [1.82, 2.24) is 0 Å². The number of benzene rings is 1. The molecule has 7 unspecified atom stereocenters. The molecule has 1 aromatic carbocycles. The van der Waals surface area contributed by atoms with E-state index in [-0.39, 0.29) is 6.61 Å². The maximum atomic E-state index is 12.5. The number of rotatable bonds is 8. The first-order valence-corrected chi connectivity index (χ1v) is 10.5. The van der Waals surface area contributed by atoms with E-state index in [1.807, 2.05) is 0 Å². The Morgan fingerprint density at radius 1 is 0.909 bits per heavy atom. The third-order valence-electron chi connectivity index (χ3n) is 5.69. The second-order valence-corrected chi connectivity index (χ2v) is 7.90. The first-order chi connectivity index (χ1) is 15.8. The van der Waals surface area contributed by atoms with Gasteiger partial charge in [-0.3, -0.25) is 0 Å². The highest BCUT2D eigenvalue weighted by Crippen LogP contribution is 2.27. The van der Waals surface area contributed by atoms with Crippen LogP contribution in [0.4, 0.5) is 0 Å². The highest BCUT2D eigenvalue weighted by Gasteiger charge is 2.49. The lowest BCUT2D eigenvalue weighted by Crippen LogP contribution is -2.62. The molecule has 0 aliphatic carbocycles. The Labute approximate surface area is 189 Å². The third-order valence-corrected chi connectivity index (χ3v) is 5.69. The van der Waals surface area contributed by atoms with Gasteiger partial charge < -0.3 is 54.3 Å². The Morgan fingerprint density at radius 2 is 1.61 bits per heavy atom. The van der Waals surface area contributed by atoms with E-state index in [0.717, 1.165) is 0 Å². The molecule has 0 aromatic heterocycles. The number of hydrogen-bond donors (Lipinski definition) is 6. The number of carbonyl (C=O) groups excluding carboxylic acids is 1. The molecule has 1 aromatic rings. The predicted molar refractivity (Wildman–Crippen MR) is 107 cm³/mol. The molecule has 2 aliphatic heterocycles. The Balaban J connectivity index is 1.61. The fourth-order valence-corrected chi connectivity index (χ4v) is 3.75. The Kier molecular flexibility index (Phi) is 9.12. The molecule has 0 radical (unpaired) electrons. The molecule has 12 nitrogen and oxygen atoms in total. The normalized spacial score (nSPS) is 39.2. The van der Waals surface area contributed by atoms with Crippen molar-refractivity contribution in [2.24, 2.45) is 0 Å². The van der Waals surface area contributed by atoms with Crippen molar-refractivity contribution < 1.29 is 59.1 Å². The molecule has 12 heteroatoms. The number of carbonyl (C=O) groups is 1. The smallest absolute Gasteiger partial charge is 0.338 e.